The van der Waals surface area contributed by atoms with Gasteiger partial charge in [-0.25, -0.2) is 0 Å². The van der Waals surface area contributed by atoms with Crippen molar-refractivity contribution in [3.05, 3.63) is 21.9 Å². The maximum atomic E-state index is 9.09. The van der Waals surface area contributed by atoms with Crippen LogP contribution in [0.2, 0.25) is 0 Å². The number of rotatable bonds is 3. The number of aromatic nitrogens is 1. The second-order valence-electron chi connectivity index (χ2n) is 4.04. The minimum absolute atomic E-state index is 0.275. The molecule has 0 aromatic carbocycles. The van der Waals surface area contributed by atoms with Crippen LogP contribution in [0.15, 0.2) is 10.5 Å². The highest BCUT2D eigenvalue weighted by Crippen LogP contribution is 2.24. The molecule has 0 radical (unpaired) electrons. The molecule has 1 atom stereocenters. The number of hydrogen-bond donors (Lipinski definition) is 0. The van der Waals surface area contributed by atoms with Crippen LogP contribution in [0.1, 0.15) is 31.2 Å². The summed E-state index contributed by atoms with van der Waals surface area (Å²) in [6, 6.07) is 4.14. The second kappa shape index (κ2) is 5.03. The van der Waals surface area contributed by atoms with E-state index in [4.69, 9.17) is 10.00 Å². The number of nitrogens with zero attached hydrogens (tertiary/aromatic N) is 2. The van der Waals surface area contributed by atoms with Gasteiger partial charge in [-0.2, -0.15) is 5.26 Å². The van der Waals surface area contributed by atoms with Crippen LogP contribution in [0.4, 0.5) is 0 Å². The van der Waals surface area contributed by atoms with Gasteiger partial charge >= 0.3 is 0 Å². The largest absolute Gasteiger partial charge is 0.376 e. The van der Waals surface area contributed by atoms with Crippen molar-refractivity contribution in [2.24, 2.45) is 0 Å². The van der Waals surface area contributed by atoms with Crippen LogP contribution in [0.25, 0.3) is 0 Å². The highest BCUT2D eigenvalue weighted by atomic mass is 79.9. The summed E-state index contributed by atoms with van der Waals surface area (Å²) in [5.41, 5.74) is 1.91. The molecule has 0 spiro atoms. The summed E-state index contributed by atoms with van der Waals surface area (Å²) in [6.07, 6.45) is 3.44. The van der Waals surface area contributed by atoms with Gasteiger partial charge in [-0.15, -0.1) is 0 Å². The van der Waals surface area contributed by atoms with Crippen LogP contribution < -0.4 is 0 Å². The molecule has 0 N–H and O–H groups in total. The Hall–Kier alpha value is -0.790. The Morgan fingerprint density at radius 3 is 3.06 bits per heavy atom. The van der Waals surface area contributed by atoms with Gasteiger partial charge in [0.25, 0.3) is 0 Å². The van der Waals surface area contributed by atoms with Gasteiger partial charge in [0, 0.05) is 23.3 Å². The van der Waals surface area contributed by atoms with Crippen LogP contribution >= 0.6 is 15.9 Å². The summed E-state index contributed by atoms with van der Waals surface area (Å²) in [5, 5.41) is 9.09. The first-order valence-electron chi connectivity index (χ1n) is 5.65. The minimum atomic E-state index is 0.275. The van der Waals surface area contributed by atoms with Crippen molar-refractivity contribution in [3.8, 4) is 6.07 Å². The molecule has 1 saturated heterocycles. The lowest BCUT2D eigenvalue weighted by Crippen LogP contribution is -2.17. The van der Waals surface area contributed by atoms with Crippen molar-refractivity contribution in [3.63, 3.8) is 0 Å². The molecule has 1 aromatic rings. The van der Waals surface area contributed by atoms with Gasteiger partial charge in [0.15, 0.2) is 0 Å². The van der Waals surface area contributed by atoms with Gasteiger partial charge in [0.2, 0.25) is 0 Å². The highest BCUT2D eigenvalue weighted by Gasteiger charge is 2.20. The standard InChI is InChI=1S/C12H15BrN2O/c1-2-12-11(13)6-9(7-14)15(12)8-10-4-3-5-16-10/h6,10H,2-5,8H2,1H3. The lowest BCUT2D eigenvalue weighted by atomic mass is 10.2. The summed E-state index contributed by atoms with van der Waals surface area (Å²) in [7, 11) is 0. The zero-order valence-corrected chi connectivity index (χ0v) is 11.0. The van der Waals surface area contributed by atoms with Crippen LogP contribution in [0.3, 0.4) is 0 Å². The first kappa shape index (κ1) is 11.7. The molecule has 2 heterocycles. The summed E-state index contributed by atoms with van der Waals surface area (Å²) >= 11 is 3.51. The van der Waals surface area contributed by atoms with E-state index in [2.05, 4.69) is 33.5 Å². The summed E-state index contributed by atoms with van der Waals surface area (Å²) in [5.74, 6) is 0. The van der Waals surface area contributed by atoms with Gasteiger partial charge in [0.1, 0.15) is 11.8 Å². The molecule has 2 rings (SSSR count). The maximum absolute atomic E-state index is 9.09. The van der Waals surface area contributed by atoms with E-state index in [-0.39, 0.29) is 6.10 Å². The molecule has 1 aliphatic heterocycles. The van der Waals surface area contributed by atoms with Gasteiger partial charge in [-0.1, -0.05) is 6.92 Å². The number of ether oxygens (including phenoxy) is 1. The van der Waals surface area contributed by atoms with E-state index >= 15 is 0 Å². The molecule has 0 aliphatic carbocycles. The van der Waals surface area contributed by atoms with Crippen molar-refractivity contribution in [2.75, 3.05) is 6.61 Å². The zero-order valence-electron chi connectivity index (χ0n) is 9.37. The molecule has 4 heteroatoms. The van der Waals surface area contributed by atoms with E-state index in [9.17, 15) is 0 Å². The molecule has 1 aromatic heterocycles. The van der Waals surface area contributed by atoms with Gasteiger partial charge < -0.3 is 9.30 Å². The summed E-state index contributed by atoms with van der Waals surface area (Å²) < 4.78 is 8.73. The average molecular weight is 283 g/mol. The van der Waals surface area contributed by atoms with E-state index < -0.39 is 0 Å². The lowest BCUT2D eigenvalue weighted by Gasteiger charge is -2.14. The van der Waals surface area contributed by atoms with E-state index in [0.29, 0.717) is 0 Å². The third-order valence-electron chi connectivity index (χ3n) is 3.02. The summed E-state index contributed by atoms with van der Waals surface area (Å²) in [6.45, 7) is 3.77. The number of nitriles is 1. The average Bonchev–Trinajstić information content (AvgIpc) is 2.87. The fraction of sp³-hybridized carbons (Fsp3) is 0.583. The van der Waals surface area contributed by atoms with E-state index in [0.717, 1.165) is 42.6 Å². The highest BCUT2D eigenvalue weighted by molar-refractivity contribution is 9.10. The van der Waals surface area contributed by atoms with E-state index in [1.807, 2.05) is 6.07 Å². The first-order chi connectivity index (χ1) is 7.76. The monoisotopic (exact) mass is 282 g/mol. The van der Waals surface area contributed by atoms with Crippen LogP contribution in [-0.2, 0) is 17.7 Å². The Morgan fingerprint density at radius 1 is 1.69 bits per heavy atom. The third kappa shape index (κ3) is 2.16. The van der Waals surface area contributed by atoms with Crippen LogP contribution in [-0.4, -0.2) is 17.3 Å². The Morgan fingerprint density at radius 2 is 2.50 bits per heavy atom. The van der Waals surface area contributed by atoms with Gasteiger partial charge in [-0.05, 0) is 41.3 Å². The molecule has 1 unspecified atom stereocenters. The minimum Gasteiger partial charge on any atom is -0.376 e. The topological polar surface area (TPSA) is 38.0 Å². The fourth-order valence-corrected chi connectivity index (χ4v) is 2.92. The molecule has 1 aliphatic rings. The van der Waals surface area contributed by atoms with Gasteiger partial charge in [-0.3, -0.25) is 0 Å². The molecule has 0 saturated carbocycles. The lowest BCUT2D eigenvalue weighted by molar-refractivity contribution is 0.0962. The Bertz CT molecular complexity index is 413. The molecule has 16 heavy (non-hydrogen) atoms. The van der Waals surface area contributed by atoms with Crippen molar-refractivity contribution in [2.45, 2.75) is 38.8 Å². The van der Waals surface area contributed by atoms with Crippen LogP contribution in [0.5, 0.6) is 0 Å². The normalized spacial score (nSPS) is 19.9. The summed E-state index contributed by atoms with van der Waals surface area (Å²) in [4.78, 5) is 0. The van der Waals surface area contributed by atoms with Gasteiger partial charge in [0.05, 0.1) is 6.10 Å². The predicted molar refractivity (Wildman–Crippen MR) is 65.2 cm³/mol. The van der Waals surface area contributed by atoms with E-state index in [1.54, 1.807) is 0 Å². The Kier molecular flexibility index (Phi) is 3.67. The molecular formula is C12H15BrN2O. The molecule has 86 valence electrons. The predicted octanol–water partition coefficient (Wildman–Crippen LogP) is 2.86. The molecule has 0 amide bonds. The second-order valence-corrected chi connectivity index (χ2v) is 4.89. The molecule has 1 fully saturated rings. The molecular weight excluding hydrogens is 268 g/mol. The molecule has 3 nitrogen and oxygen atoms in total. The smallest absolute Gasteiger partial charge is 0.121 e. The maximum Gasteiger partial charge on any atom is 0.121 e. The van der Waals surface area contributed by atoms with E-state index in [1.165, 1.54) is 5.69 Å². The number of hydrogen-bond acceptors (Lipinski definition) is 2. The van der Waals surface area contributed by atoms with Crippen molar-refractivity contribution < 1.29 is 4.74 Å². The fourth-order valence-electron chi connectivity index (χ4n) is 2.21. The SMILES string of the molecule is CCc1c(Br)cc(C#N)n1CC1CCCO1. The zero-order chi connectivity index (χ0) is 11.5. The molecule has 0 bridgehead atoms. The van der Waals surface area contributed by atoms with Crippen molar-refractivity contribution in [1.82, 2.24) is 4.57 Å². The van der Waals surface area contributed by atoms with Crippen molar-refractivity contribution in [1.29, 1.82) is 5.26 Å². The first-order valence-corrected chi connectivity index (χ1v) is 6.45. The quantitative estimate of drug-likeness (QED) is 0.855. The Labute approximate surface area is 104 Å². The van der Waals surface area contributed by atoms with Crippen LogP contribution in [0, 0.1) is 11.3 Å². The van der Waals surface area contributed by atoms with Crippen molar-refractivity contribution >= 4 is 15.9 Å². The third-order valence-corrected chi connectivity index (χ3v) is 3.70. The Balaban J connectivity index is 2.26. The number of halogens is 1.